The molecule has 1 aliphatic carbocycles. The number of ketones is 1. The summed E-state index contributed by atoms with van der Waals surface area (Å²) in [4.78, 5) is 15.1. The highest BCUT2D eigenvalue weighted by atomic mass is 16.1. The van der Waals surface area contributed by atoms with Gasteiger partial charge in [-0.3, -0.25) is 9.69 Å². The van der Waals surface area contributed by atoms with Gasteiger partial charge in [0.25, 0.3) is 0 Å². The molecule has 2 heteroatoms. The van der Waals surface area contributed by atoms with Crippen LogP contribution in [0.1, 0.15) is 47.0 Å². The molecule has 2 saturated heterocycles. The number of hydrogen-bond acceptors (Lipinski definition) is 2. The molecule has 1 saturated carbocycles. The average Bonchev–Trinajstić information content (AvgIpc) is 2.72. The van der Waals surface area contributed by atoms with Crippen LogP contribution >= 0.6 is 0 Å². The van der Waals surface area contributed by atoms with Crippen LogP contribution in [0.5, 0.6) is 0 Å². The van der Waals surface area contributed by atoms with Crippen molar-refractivity contribution in [1.82, 2.24) is 4.90 Å². The van der Waals surface area contributed by atoms with E-state index in [0.29, 0.717) is 29.7 Å². The fraction of sp³-hybridized carbons (Fsp3) is 0.933. The molecular formula is C15H25NO. The van der Waals surface area contributed by atoms with Crippen LogP contribution in [0.25, 0.3) is 0 Å². The van der Waals surface area contributed by atoms with Crippen LogP contribution in [-0.2, 0) is 4.79 Å². The van der Waals surface area contributed by atoms with Gasteiger partial charge in [0.05, 0.1) is 5.41 Å². The summed E-state index contributed by atoms with van der Waals surface area (Å²) in [7, 11) is 0. The molecule has 0 N–H and O–H groups in total. The van der Waals surface area contributed by atoms with Gasteiger partial charge in [0.1, 0.15) is 5.78 Å². The number of rotatable bonds is 2. The third-order valence-corrected chi connectivity index (χ3v) is 6.03. The zero-order chi connectivity index (χ0) is 12.4. The molecule has 3 aliphatic rings. The molecule has 3 rings (SSSR count). The molecule has 17 heavy (non-hydrogen) atoms. The van der Waals surface area contributed by atoms with E-state index in [9.17, 15) is 4.79 Å². The Kier molecular flexibility index (Phi) is 2.46. The molecule has 0 spiro atoms. The average molecular weight is 235 g/mol. The van der Waals surface area contributed by atoms with E-state index in [2.05, 4.69) is 25.7 Å². The van der Waals surface area contributed by atoms with Crippen LogP contribution in [0, 0.1) is 23.2 Å². The Balaban J connectivity index is 2.06. The van der Waals surface area contributed by atoms with Crippen molar-refractivity contribution in [2.75, 3.05) is 6.54 Å². The molecule has 0 aromatic carbocycles. The lowest BCUT2D eigenvalue weighted by atomic mass is 9.54. The lowest BCUT2D eigenvalue weighted by Gasteiger charge is -2.49. The molecule has 0 bridgehead atoms. The maximum Gasteiger partial charge on any atom is 0.138 e. The third-order valence-electron chi connectivity index (χ3n) is 6.03. The molecule has 96 valence electrons. The van der Waals surface area contributed by atoms with Crippen molar-refractivity contribution in [3.05, 3.63) is 0 Å². The van der Waals surface area contributed by atoms with E-state index >= 15 is 0 Å². The van der Waals surface area contributed by atoms with Crippen LogP contribution in [0.15, 0.2) is 0 Å². The fourth-order valence-corrected chi connectivity index (χ4v) is 5.54. The number of carbonyl (C=O) groups excluding carboxylic acids is 1. The Morgan fingerprint density at radius 1 is 1.41 bits per heavy atom. The summed E-state index contributed by atoms with van der Waals surface area (Å²) in [6, 6.07) is 1.27. The van der Waals surface area contributed by atoms with Crippen LogP contribution in [0.2, 0.25) is 0 Å². The van der Waals surface area contributed by atoms with E-state index < -0.39 is 0 Å². The fourth-order valence-electron chi connectivity index (χ4n) is 5.54. The minimum absolute atomic E-state index is 0.0202. The number of nitrogens with zero attached hydrogens (tertiary/aromatic N) is 1. The van der Waals surface area contributed by atoms with Gasteiger partial charge in [-0.2, -0.15) is 0 Å². The number of hydrogen-bond donors (Lipinski definition) is 0. The third kappa shape index (κ3) is 1.18. The predicted molar refractivity (Wildman–Crippen MR) is 68.7 cm³/mol. The van der Waals surface area contributed by atoms with E-state index in [-0.39, 0.29) is 5.41 Å². The lowest BCUT2D eigenvalue weighted by Crippen LogP contribution is -2.52. The van der Waals surface area contributed by atoms with Crippen LogP contribution in [0.3, 0.4) is 0 Å². The monoisotopic (exact) mass is 235 g/mol. The summed E-state index contributed by atoms with van der Waals surface area (Å²) < 4.78 is 0. The first kappa shape index (κ1) is 11.7. The van der Waals surface area contributed by atoms with Crippen molar-refractivity contribution in [1.29, 1.82) is 0 Å². The van der Waals surface area contributed by atoms with E-state index in [1.165, 1.54) is 25.8 Å². The van der Waals surface area contributed by atoms with Gasteiger partial charge in [-0.1, -0.05) is 20.8 Å². The molecule has 3 fully saturated rings. The normalized spacial score (nSPS) is 49.0. The topological polar surface area (TPSA) is 20.3 Å². The minimum Gasteiger partial charge on any atom is -0.299 e. The molecular weight excluding hydrogens is 210 g/mol. The summed E-state index contributed by atoms with van der Waals surface area (Å²) in [6.45, 7) is 9.99. The summed E-state index contributed by atoms with van der Waals surface area (Å²) >= 11 is 0. The first-order valence-corrected chi connectivity index (χ1v) is 7.28. The highest BCUT2D eigenvalue weighted by molar-refractivity contribution is 5.85. The van der Waals surface area contributed by atoms with Crippen LogP contribution in [-0.4, -0.2) is 29.3 Å². The van der Waals surface area contributed by atoms with E-state index in [1.807, 2.05) is 6.92 Å². The Bertz CT molecular complexity index is 351. The Morgan fingerprint density at radius 3 is 2.65 bits per heavy atom. The molecule has 2 aliphatic heterocycles. The highest BCUT2D eigenvalue weighted by Gasteiger charge is 2.68. The second-order valence-electron chi connectivity index (χ2n) is 6.85. The predicted octanol–water partition coefficient (Wildman–Crippen LogP) is 2.72. The van der Waals surface area contributed by atoms with Gasteiger partial charge in [0.15, 0.2) is 0 Å². The number of fused-ring (bicyclic) bond motifs is 3. The van der Waals surface area contributed by atoms with E-state index in [1.54, 1.807) is 0 Å². The second-order valence-corrected chi connectivity index (χ2v) is 6.85. The lowest BCUT2D eigenvalue weighted by molar-refractivity contribution is -0.135. The molecule has 2 heterocycles. The molecule has 0 aromatic heterocycles. The Hall–Kier alpha value is -0.370. The molecule has 0 amide bonds. The molecule has 5 atom stereocenters. The Morgan fingerprint density at radius 2 is 2.12 bits per heavy atom. The molecule has 2 nitrogen and oxygen atoms in total. The molecule has 0 radical (unpaired) electrons. The maximum atomic E-state index is 12.4. The Labute approximate surface area is 105 Å². The smallest absolute Gasteiger partial charge is 0.138 e. The van der Waals surface area contributed by atoms with Crippen molar-refractivity contribution in [3.63, 3.8) is 0 Å². The summed E-state index contributed by atoms with van der Waals surface area (Å²) in [6.07, 6.45) is 3.81. The SMILES string of the molecule is CC(=O)[C@]1(C(C)C)C2CC(C)[C@@H]2N2CCCC21. The van der Waals surface area contributed by atoms with Gasteiger partial charge in [0, 0.05) is 12.1 Å². The van der Waals surface area contributed by atoms with Crippen molar-refractivity contribution in [2.45, 2.75) is 59.0 Å². The first-order chi connectivity index (χ1) is 8.01. The second kappa shape index (κ2) is 3.57. The van der Waals surface area contributed by atoms with Gasteiger partial charge in [-0.25, -0.2) is 0 Å². The van der Waals surface area contributed by atoms with Crippen molar-refractivity contribution >= 4 is 5.78 Å². The van der Waals surface area contributed by atoms with Crippen LogP contribution < -0.4 is 0 Å². The van der Waals surface area contributed by atoms with Gasteiger partial charge in [-0.15, -0.1) is 0 Å². The maximum absolute atomic E-state index is 12.4. The minimum atomic E-state index is -0.0202. The quantitative estimate of drug-likeness (QED) is 0.733. The number of Topliss-reactive ketones (excluding diaryl/α,β-unsaturated/α-hetero) is 1. The van der Waals surface area contributed by atoms with Gasteiger partial charge in [-0.05, 0) is 50.5 Å². The largest absolute Gasteiger partial charge is 0.299 e. The first-order valence-electron chi connectivity index (χ1n) is 7.28. The summed E-state index contributed by atoms with van der Waals surface area (Å²) in [5.74, 6) is 2.41. The van der Waals surface area contributed by atoms with Gasteiger partial charge in [0.2, 0.25) is 0 Å². The highest BCUT2D eigenvalue weighted by Crippen LogP contribution is 2.63. The standard InChI is InChI=1S/C15H25NO/c1-9(2)15(11(4)17)12-8-10(3)14(12)16-7-5-6-13(15)16/h9-10,12-14H,5-8H2,1-4H3/t10?,12?,13?,14-,15+/m0/s1. The van der Waals surface area contributed by atoms with E-state index in [4.69, 9.17) is 0 Å². The molecule has 0 aromatic rings. The van der Waals surface area contributed by atoms with Crippen molar-refractivity contribution < 1.29 is 4.79 Å². The number of carbonyl (C=O) groups is 1. The summed E-state index contributed by atoms with van der Waals surface area (Å²) in [5, 5.41) is 0. The van der Waals surface area contributed by atoms with E-state index in [0.717, 1.165) is 5.92 Å². The van der Waals surface area contributed by atoms with Gasteiger partial charge >= 0.3 is 0 Å². The van der Waals surface area contributed by atoms with Crippen molar-refractivity contribution in [2.24, 2.45) is 23.2 Å². The zero-order valence-electron chi connectivity index (χ0n) is 11.6. The van der Waals surface area contributed by atoms with Gasteiger partial charge < -0.3 is 0 Å². The van der Waals surface area contributed by atoms with Crippen molar-refractivity contribution in [3.8, 4) is 0 Å². The van der Waals surface area contributed by atoms with Crippen LogP contribution in [0.4, 0.5) is 0 Å². The molecule has 3 unspecified atom stereocenters. The summed E-state index contributed by atoms with van der Waals surface area (Å²) in [5.41, 5.74) is -0.0202. The zero-order valence-corrected chi connectivity index (χ0v) is 11.6.